The second kappa shape index (κ2) is 16.9. The third-order valence-corrected chi connectivity index (χ3v) is 3.70. The topological polar surface area (TPSA) is 141 Å². The van der Waals surface area contributed by atoms with Crippen LogP contribution in [0.3, 0.4) is 0 Å². The van der Waals surface area contributed by atoms with E-state index in [1.54, 1.807) is 9.80 Å². The van der Waals surface area contributed by atoms with Crippen molar-refractivity contribution in [3.8, 4) is 0 Å². The van der Waals surface area contributed by atoms with Crippen molar-refractivity contribution in [2.75, 3.05) is 32.7 Å². The Balaban J connectivity index is 0. The van der Waals surface area contributed by atoms with Gasteiger partial charge in [0.25, 0.3) is 0 Å². The third-order valence-electron chi connectivity index (χ3n) is 3.70. The van der Waals surface area contributed by atoms with E-state index in [2.05, 4.69) is 0 Å². The molecule has 0 radical (unpaired) electrons. The van der Waals surface area contributed by atoms with Crippen molar-refractivity contribution >= 4 is 17.9 Å². The molecule has 0 aromatic carbocycles. The van der Waals surface area contributed by atoms with Gasteiger partial charge in [-0.3, -0.25) is 14.4 Å². The van der Waals surface area contributed by atoms with Crippen LogP contribution in [0.2, 0.25) is 0 Å². The summed E-state index contributed by atoms with van der Waals surface area (Å²) in [6.45, 7) is 3.19. The van der Waals surface area contributed by atoms with Crippen molar-refractivity contribution in [1.82, 2.24) is 9.80 Å². The van der Waals surface area contributed by atoms with Crippen molar-refractivity contribution in [2.24, 2.45) is 0 Å². The summed E-state index contributed by atoms with van der Waals surface area (Å²) in [5.74, 6) is -3.01. The Morgan fingerprint density at radius 1 is 0.815 bits per heavy atom. The fourth-order valence-corrected chi connectivity index (χ4v) is 2.21. The molecule has 0 heterocycles. The molecule has 0 saturated carbocycles. The predicted octanol–water partition coefficient (Wildman–Crippen LogP) is -2.59. The van der Waals surface area contributed by atoms with E-state index >= 15 is 0 Å². The smallest absolute Gasteiger partial charge is 0.874 e. The number of hydrogen-bond acceptors (Lipinski definition) is 6. The normalized spacial score (nSPS) is 11.1. The minimum Gasteiger partial charge on any atom is -0.874 e. The van der Waals surface area contributed by atoms with Crippen molar-refractivity contribution in [1.29, 1.82) is 0 Å². The maximum Gasteiger partial charge on any atom is 1.00 e. The molecule has 0 aliphatic rings. The van der Waals surface area contributed by atoms with E-state index in [-0.39, 0.29) is 74.2 Å². The summed E-state index contributed by atoms with van der Waals surface area (Å²) in [5, 5.41) is 38.3. The molecule has 0 fully saturated rings. The van der Waals surface area contributed by atoms with E-state index in [1.165, 1.54) is 6.20 Å². The number of carboxylic acids is 3. The molecular weight excluding hydrogens is 367 g/mol. The standard InChI is InChI=1S/C17H30N2O7.Na/c1-2-3-4-14(20)13-19(10-7-17(25)26)12-11-18(8-5-15(21)22)9-6-16(23)24;/h13,20H,2-12H2,1H3,(H,21,22)(H,23,24)(H,25,26);/q;+1/p-1/b14-13-;. The molecule has 0 spiro atoms. The first kappa shape index (κ1) is 27.9. The first-order chi connectivity index (χ1) is 12.2. The first-order valence-corrected chi connectivity index (χ1v) is 8.74. The fourth-order valence-electron chi connectivity index (χ4n) is 2.21. The van der Waals surface area contributed by atoms with Gasteiger partial charge in [-0.15, -0.1) is 5.76 Å². The zero-order chi connectivity index (χ0) is 19.9. The van der Waals surface area contributed by atoms with Gasteiger partial charge in [-0.05, 0) is 12.6 Å². The van der Waals surface area contributed by atoms with E-state index in [9.17, 15) is 19.5 Å². The van der Waals surface area contributed by atoms with Crippen LogP contribution in [-0.2, 0) is 14.4 Å². The van der Waals surface area contributed by atoms with Gasteiger partial charge in [0.05, 0.1) is 19.3 Å². The number of unbranched alkanes of at least 4 members (excludes halogenated alkanes) is 1. The molecule has 0 aliphatic carbocycles. The molecule has 0 aliphatic heterocycles. The molecule has 27 heavy (non-hydrogen) atoms. The average molecular weight is 396 g/mol. The van der Waals surface area contributed by atoms with Crippen LogP contribution in [0.15, 0.2) is 12.0 Å². The molecule has 0 saturated heterocycles. The second-order valence-corrected chi connectivity index (χ2v) is 6.01. The van der Waals surface area contributed by atoms with Gasteiger partial charge < -0.3 is 30.2 Å². The second-order valence-electron chi connectivity index (χ2n) is 6.01. The third kappa shape index (κ3) is 17.9. The van der Waals surface area contributed by atoms with E-state index < -0.39 is 17.9 Å². The van der Waals surface area contributed by atoms with Crippen LogP contribution in [-0.4, -0.2) is 75.8 Å². The van der Waals surface area contributed by atoms with Gasteiger partial charge in [0, 0.05) is 32.7 Å². The van der Waals surface area contributed by atoms with Gasteiger partial charge in [-0.2, -0.15) is 0 Å². The Morgan fingerprint density at radius 3 is 1.74 bits per heavy atom. The average Bonchev–Trinajstić information content (AvgIpc) is 2.56. The zero-order valence-electron chi connectivity index (χ0n) is 16.2. The molecule has 0 aromatic rings. The summed E-state index contributed by atoms with van der Waals surface area (Å²) in [4.78, 5) is 35.6. The van der Waals surface area contributed by atoms with Crippen molar-refractivity contribution in [2.45, 2.75) is 45.4 Å². The molecule has 3 N–H and O–H groups in total. The van der Waals surface area contributed by atoms with Crippen LogP contribution in [0.4, 0.5) is 0 Å². The molecule has 9 nitrogen and oxygen atoms in total. The zero-order valence-corrected chi connectivity index (χ0v) is 18.2. The Morgan fingerprint density at radius 2 is 1.30 bits per heavy atom. The number of rotatable bonds is 16. The maximum atomic E-state index is 11.9. The van der Waals surface area contributed by atoms with Gasteiger partial charge in [0.15, 0.2) is 0 Å². The quantitative estimate of drug-likeness (QED) is 0.189. The van der Waals surface area contributed by atoms with Crippen molar-refractivity contribution < 1.29 is 64.4 Å². The van der Waals surface area contributed by atoms with Crippen molar-refractivity contribution in [3.05, 3.63) is 12.0 Å². The van der Waals surface area contributed by atoms with Gasteiger partial charge in [-0.1, -0.05) is 19.8 Å². The fraction of sp³-hybridized carbons (Fsp3) is 0.706. The van der Waals surface area contributed by atoms with Gasteiger partial charge in [0.1, 0.15) is 0 Å². The summed E-state index contributed by atoms with van der Waals surface area (Å²) < 4.78 is 0. The summed E-state index contributed by atoms with van der Waals surface area (Å²) in [6.07, 6.45) is 3.08. The van der Waals surface area contributed by atoms with Crippen molar-refractivity contribution in [3.63, 3.8) is 0 Å². The van der Waals surface area contributed by atoms with E-state index in [1.807, 2.05) is 6.92 Å². The van der Waals surface area contributed by atoms with Crippen LogP contribution in [0, 0.1) is 0 Å². The molecule has 0 bridgehead atoms. The van der Waals surface area contributed by atoms with Gasteiger partial charge in [0.2, 0.25) is 0 Å². The molecule has 0 amide bonds. The van der Waals surface area contributed by atoms with Crippen LogP contribution in [0.25, 0.3) is 0 Å². The monoisotopic (exact) mass is 396 g/mol. The number of carboxylic acid groups (broad SMARTS) is 3. The van der Waals surface area contributed by atoms with Crippen LogP contribution in [0.1, 0.15) is 45.4 Å². The Kier molecular flexibility index (Phi) is 17.4. The molecular formula is C17H29N2NaO7. The number of allylic oxidation sites excluding steroid dienone is 1. The van der Waals surface area contributed by atoms with Gasteiger partial charge in [-0.25, -0.2) is 0 Å². The minimum atomic E-state index is -0.977. The number of nitrogens with zero attached hydrogens (tertiary/aromatic N) is 2. The molecule has 0 rings (SSSR count). The molecule has 10 heteroatoms. The van der Waals surface area contributed by atoms with Crippen LogP contribution >= 0.6 is 0 Å². The Hall–Kier alpha value is -1.29. The minimum absolute atomic E-state index is 0. The van der Waals surface area contributed by atoms with Crippen LogP contribution < -0.4 is 34.7 Å². The van der Waals surface area contributed by atoms with Gasteiger partial charge >= 0.3 is 47.5 Å². The molecule has 0 unspecified atom stereocenters. The summed E-state index contributed by atoms with van der Waals surface area (Å²) in [6, 6.07) is 0. The van der Waals surface area contributed by atoms with E-state index in [0.29, 0.717) is 19.5 Å². The number of carbonyl (C=O) groups is 3. The van der Waals surface area contributed by atoms with E-state index in [4.69, 9.17) is 15.3 Å². The summed E-state index contributed by atoms with van der Waals surface area (Å²) in [5.41, 5.74) is 0. The molecule has 0 aromatic heterocycles. The maximum absolute atomic E-state index is 11.9. The molecule has 150 valence electrons. The Labute approximate surface area is 181 Å². The van der Waals surface area contributed by atoms with Crippen LogP contribution in [0.5, 0.6) is 0 Å². The SMILES string of the molecule is CCCC/C([O-])=C/N(CCC(=O)O)CCN(CCC(=O)O)CCC(=O)O.[Na+]. The molecule has 0 atom stereocenters. The number of aliphatic carboxylic acids is 3. The predicted molar refractivity (Wildman–Crippen MR) is 92.4 cm³/mol. The number of hydrogen-bond donors (Lipinski definition) is 3. The first-order valence-electron chi connectivity index (χ1n) is 8.74. The van der Waals surface area contributed by atoms with E-state index in [0.717, 1.165) is 12.8 Å². The summed E-state index contributed by atoms with van der Waals surface area (Å²) >= 11 is 0. The Bertz CT molecular complexity index is 468. The largest absolute Gasteiger partial charge is 1.00 e. The summed E-state index contributed by atoms with van der Waals surface area (Å²) in [7, 11) is 0.